The maximum Gasteiger partial charge on any atom is 0.0721 e. The Morgan fingerprint density at radius 2 is 1.47 bits per heavy atom. The van der Waals surface area contributed by atoms with Gasteiger partial charge < -0.3 is 0 Å². The van der Waals surface area contributed by atoms with Crippen LogP contribution < -0.4 is 5.01 Å². The van der Waals surface area contributed by atoms with Gasteiger partial charge in [0.05, 0.1) is 35.5 Å². The molecule has 0 saturated carbocycles. The molecule has 0 bridgehead atoms. The van der Waals surface area contributed by atoms with E-state index in [2.05, 4.69) is 102 Å². The van der Waals surface area contributed by atoms with Crippen LogP contribution in [0.25, 0.3) is 5.69 Å². The molecule has 0 unspecified atom stereocenters. The van der Waals surface area contributed by atoms with Crippen LogP contribution in [-0.2, 0) is 13.0 Å². The van der Waals surface area contributed by atoms with Crippen molar-refractivity contribution in [3.05, 3.63) is 114 Å². The third-order valence-corrected chi connectivity index (χ3v) is 5.94. The van der Waals surface area contributed by atoms with Crippen molar-refractivity contribution in [1.82, 2.24) is 9.78 Å². The fraction of sp³-hybridized carbons (Fsp3) is 0.214. The summed E-state index contributed by atoms with van der Waals surface area (Å²) in [5.74, 6) is 0. The van der Waals surface area contributed by atoms with Crippen molar-refractivity contribution in [2.24, 2.45) is 10.5 Å². The van der Waals surface area contributed by atoms with Crippen LogP contribution in [0.2, 0.25) is 0 Å². The smallest absolute Gasteiger partial charge is 0.0721 e. The number of aromatic nitrogens is 2. The zero-order chi connectivity index (χ0) is 22.0. The Hall–Kier alpha value is -3.66. The van der Waals surface area contributed by atoms with E-state index in [1.54, 1.807) is 0 Å². The van der Waals surface area contributed by atoms with Crippen LogP contribution in [0.4, 0.5) is 5.69 Å². The minimum Gasteiger partial charge on any atom is -0.261 e. The molecule has 0 fully saturated rings. The molecule has 160 valence electrons. The molecule has 32 heavy (non-hydrogen) atoms. The maximum atomic E-state index is 5.24. The van der Waals surface area contributed by atoms with Crippen molar-refractivity contribution in [3.8, 4) is 5.69 Å². The first kappa shape index (κ1) is 20.3. The molecule has 3 aromatic carbocycles. The van der Waals surface area contributed by atoms with Gasteiger partial charge in [0.1, 0.15) is 0 Å². The fourth-order valence-corrected chi connectivity index (χ4v) is 4.42. The van der Waals surface area contributed by atoms with E-state index < -0.39 is 0 Å². The Morgan fingerprint density at radius 1 is 0.844 bits per heavy atom. The largest absolute Gasteiger partial charge is 0.261 e. The number of nitrogens with zero attached hydrogens (tertiary/aromatic N) is 4. The highest BCUT2D eigenvalue weighted by atomic mass is 15.5. The lowest BCUT2D eigenvalue weighted by Gasteiger charge is -2.32. The van der Waals surface area contributed by atoms with Gasteiger partial charge in [-0.05, 0) is 48.1 Å². The molecule has 1 aliphatic carbocycles. The Bertz CT molecular complexity index is 1210. The highest BCUT2D eigenvalue weighted by molar-refractivity contribution is 6.03. The minimum atomic E-state index is 0.105. The normalized spacial score (nSPS) is 16.0. The highest BCUT2D eigenvalue weighted by Gasteiger charge is 2.33. The van der Waals surface area contributed by atoms with Crippen molar-refractivity contribution in [3.63, 3.8) is 0 Å². The topological polar surface area (TPSA) is 33.4 Å². The van der Waals surface area contributed by atoms with Crippen molar-refractivity contribution < 1.29 is 0 Å². The Kier molecular flexibility index (Phi) is 5.36. The predicted molar refractivity (Wildman–Crippen MR) is 131 cm³/mol. The molecule has 4 heteroatoms. The summed E-state index contributed by atoms with van der Waals surface area (Å²) in [4.78, 5) is 0. The Morgan fingerprint density at radius 3 is 2.16 bits per heavy atom. The second-order valence-corrected chi connectivity index (χ2v) is 9.20. The zero-order valence-corrected chi connectivity index (χ0v) is 18.6. The molecule has 0 amide bonds. The lowest BCUT2D eigenvalue weighted by atomic mass is 9.76. The van der Waals surface area contributed by atoms with E-state index >= 15 is 0 Å². The van der Waals surface area contributed by atoms with E-state index in [0.717, 1.165) is 42.0 Å². The van der Waals surface area contributed by atoms with Gasteiger partial charge in [0, 0.05) is 5.56 Å². The summed E-state index contributed by atoms with van der Waals surface area (Å²) in [6.45, 7) is 5.35. The first-order valence-corrected chi connectivity index (χ1v) is 11.2. The zero-order valence-electron chi connectivity index (χ0n) is 18.6. The van der Waals surface area contributed by atoms with Crippen molar-refractivity contribution >= 4 is 11.4 Å². The van der Waals surface area contributed by atoms with Gasteiger partial charge in [-0.15, -0.1) is 0 Å². The van der Waals surface area contributed by atoms with Crippen LogP contribution in [0.15, 0.2) is 102 Å². The number of hydrogen-bond acceptors (Lipinski definition) is 3. The summed E-state index contributed by atoms with van der Waals surface area (Å²) in [6.07, 6.45) is 3.88. The van der Waals surface area contributed by atoms with Crippen LogP contribution in [0.5, 0.6) is 0 Å². The van der Waals surface area contributed by atoms with Gasteiger partial charge in [0.15, 0.2) is 0 Å². The molecule has 0 aliphatic heterocycles. The summed E-state index contributed by atoms with van der Waals surface area (Å²) < 4.78 is 2.08. The van der Waals surface area contributed by atoms with E-state index in [1.165, 1.54) is 11.3 Å². The molecule has 0 N–H and O–H groups in total. The first-order chi connectivity index (χ1) is 15.6. The third kappa shape index (κ3) is 4.22. The second kappa shape index (κ2) is 8.46. The number of rotatable bonds is 5. The molecule has 0 saturated heterocycles. The molecule has 4 nitrogen and oxygen atoms in total. The number of hydrogen-bond donors (Lipinski definition) is 0. The average Bonchev–Trinajstić information content (AvgIpc) is 3.23. The third-order valence-electron chi connectivity index (χ3n) is 5.94. The average molecular weight is 421 g/mol. The van der Waals surface area contributed by atoms with Gasteiger partial charge in [-0.3, -0.25) is 5.01 Å². The van der Waals surface area contributed by atoms with Gasteiger partial charge >= 0.3 is 0 Å². The van der Waals surface area contributed by atoms with E-state index in [9.17, 15) is 0 Å². The molecular weight excluding hydrogens is 392 g/mol. The Labute approximate surface area is 189 Å². The first-order valence-electron chi connectivity index (χ1n) is 11.2. The molecular formula is C28H28N4. The number of para-hydroxylation sites is 2. The summed E-state index contributed by atoms with van der Waals surface area (Å²) in [5, 5.41) is 12.1. The second-order valence-electron chi connectivity index (χ2n) is 9.20. The number of benzene rings is 3. The number of fused-ring (bicyclic) bond motifs is 1. The van der Waals surface area contributed by atoms with Gasteiger partial charge in [0.25, 0.3) is 0 Å². The van der Waals surface area contributed by atoms with E-state index in [-0.39, 0.29) is 5.41 Å². The van der Waals surface area contributed by atoms with Crippen LogP contribution in [-0.4, -0.2) is 15.5 Å². The molecule has 0 spiro atoms. The van der Waals surface area contributed by atoms with E-state index in [4.69, 9.17) is 10.2 Å². The van der Waals surface area contributed by atoms with E-state index in [1.807, 2.05) is 18.3 Å². The lowest BCUT2D eigenvalue weighted by Crippen LogP contribution is -2.30. The summed E-state index contributed by atoms with van der Waals surface area (Å²) >= 11 is 0. The fourth-order valence-electron chi connectivity index (χ4n) is 4.42. The van der Waals surface area contributed by atoms with Crippen molar-refractivity contribution in [2.75, 3.05) is 5.01 Å². The van der Waals surface area contributed by atoms with Crippen LogP contribution in [0, 0.1) is 5.41 Å². The van der Waals surface area contributed by atoms with Gasteiger partial charge in [-0.2, -0.15) is 10.2 Å². The standard InChI is InChI=1S/C28H28N4/c1-28(2)18-26(25-20-29-32(27(25)19-28)24-16-10-5-11-17-24)30-31(23-14-8-4-9-15-23)21-22-12-6-3-7-13-22/h3-17,20H,18-19,21H2,1-2H3. The number of hydrazone groups is 1. The quantitative estimate of drug-likeness (QED) is 0.357. The predicted octanol–water partition coefficient (Wildman–Crippen LogP) is 6.26. The maximum absolute atomic E-state index is 5.24. The SMILES string of the molecule is CC1(C)CC(=NN(Cc2ccccc2)c2ccccc2)c2cnn(-c3ccccc3)c2C1. The highest BCUT2D eigenvalue weighted by Crippen LogP contribution is 2.36. The summed E-state index contributed by atoms with van der Waals surface area (Å²) in [6, 6.07) is 31.3. The monoisotopic (exact) mass is 420 g/mol. The van der Waals surface area contributed by atoms with Crippen molar-refractivity contribution in [1.29, 1.82) is 0 Å². The van der Waals surface area contributed by atoms with Gasteiger partial charge in [-0.1, -0.05) is 80.6 Å². The molecule has 0 atom stereocenters. The Balaban J connectivity index is 1.59. The van der Waals surface area contributed by atoms with Crippen molar-refractivity contribution in [2.45, 2.75) is 33.2 Å². The van der Waals surface area contributed by atoms with Crippen LogP contribution in [0.3, 0.4) is 0 Å². The molecule has 4 aromatic rings. The van der Waals surface area contributed by atoms with Gasteiger partial charge in [-0.25, -0.2) is 4.68 Å². The van der Waals surface area contributed by atoms with Gasteiger partial charge in [0.2, 0.25) is 0 Å². The molecule has 5 rings (SSSR count). The number of anilines is 1. The minimum absolute atomic E-state index is 0.105. The van der Waals surface area contributed by atoms with Crippen LogP contribution in [0.1, 0.15) is 37.1 Å². The summed E-state index contributed by atoms with van der Waals surface area (Å²) in [7, 11) is 0. The summed E-state index contributed by atoms with van der Waals surface area (Å²) in [5.41, 5.74) is 7.00. The molecule has 1 aliphatic rings. The molecule has 0 radical (unpaired) electrons. The molecule has 1 heterocycles. The van der Waals surface area contributed by atoms with Crippen LogP contribution >= 0.6 is 0 Å². The van der Waals surface area contributed by atoms with E-state index in [0.29, 0.717) is 0 Å². The molecule has 1 aromatic heterocycles. The lowest BCUT2D eigenvalue weighted by molar-refractivity contribution is 0.364.